The summed E-state index contributed by atoms with van der Waals surface area (Å²) in [7, 11) is 0. The van der Waals surface area contributed by atoms with Crippen LogP contribution >= 0.6 is 11.8 Å². The Kier molecular flexibility index (Phi) is 4.98. The molecule has 1 amide bonds. The molecule has 0 spiro atoms. The van der Waals surface area contributed by atoms with E-state index in [0.29, 0.717) is 40.9 Å². The number of hydrogen-bond acceptors (Lipinski definition) is 8. The van der Waals surface area contributed by atoms with Gasteiger partial charge in [-0.05, 0) is 40.2 Å². The van der Waals surface area contributed by atoms with E-state index >= 15 is 0 Å². The molecule has 2 aliphatic heterocycles. The molecule has 9 heteroatoms. The van der Waals surface area contributed by atoms with Gasteiger partial charge in [-0.2, -0.15) is 0 Å². The van der Waals surface area contributed by atoms with Crippen molar-refractivity contribution in [3.63, 3.8) is 0 Å². The third kappa shape index (κ3) is 3.97. The summed E-state index contributed by atoms with van der Waals surface area (Å²) in [6.45, 7) is 10.2. The van der Waals surface area contributed by atoms with Crippen molar-refractivity contribution in [2.75, 3.05) is 18.4 Å². The van der Waals surface area contributed by atoms with Gasteiger partial charge in [0.1, 0.15) is 22.8 Å². The summed E-state index contributed by atoms with van der Waals surface area (Å²) in [5, 5.41) is 19.8. The van der Waals surface area contributed by atoms with Crippen LogP contribution in [0.15, 0.2) is 16.8 Å². The zero-order valence-electron chi connectivity index (χ0n) is 16.1. The molecule has 1 aromatic heterocycles. The van der Waals surface area contributed by atoms with Crippen molar-refractivity contribution >= 4 is 40.0 Å². The van der Waals surface area contributed by atoms with Crippen LogP contribution in [0, 0.1) is 10.8 Å². The number of anilines is 1. The lowest BCUT2D eigenvalue weighted by Gasteiger charge is -2.40. The predicted molar refractivity (Wildman–Crippen MR) is 107 cm³/mol. The zero-order chi connectivity index (χ0) is 19.9. The number of nitrogens with one attached hydrogen (secondary N) is 3. The van der Waals surface area contributed by atoms with Crippen molar-refractivity contribution in [2.24, 2.45) is 0 Å². The monoisotopic (exact) mass is 388 g/mol. The van der Waals surface area contributed by atoms with Gasteiger partial charge in [-0.1, -0.05) is 11.8 Å². The lowest BCUT2D eigenvalue weighted by Crippen LogP contribution is -2.58. The molecule has 0 saturated carbocycles. The van der Waals surface area contributed by atoms with Crippen LogP contribution in [0.2, 0.25) is 0 Å². The average molecular weight is 388 g/mol. The number of hydrogen-bond donors (Lipinski definition) is 3. The van der Waals surface area contributed by atoms with Crippen molar-refractivity contribution in [3.05, 3.63) is 17.6 Å². The lowest BCUT2D eigenvalue weighted by molar-refractivity contribution is 0.0104. The summed E-state index contributed by atoms with van der Waals surface area (Å²) in [5.41, 5.74) is 2.04. The Labute approximate surface area is 162 Å². The largest absolute Gasteiger partial charge is 0.444 e. The topological polar surface area (TPSA) is 115 Å². The van der Waals surface area contributed by atoms with Gasteiger partial charge >= 0.3 is 6.09 Å². The fraction of sp³-hybridized carbons (Fsp3) is 0.500. The Morgan fingerprint density at radius 2 is 2.00 bits per heavy atom. The van der Waals surface area contributed by atoms with Crippen molar-refractivity contribution in [2.45, 2.75) is 51.2 Å². The lowest BCUT2D eigenvalue weighted by atomic mass is 10.0. The number of thioether (sulfide) groups is 1. The first-order valence-corrected chi connectivity index (χ1v) is 9.51. The summed E-state index contributed by atoms with van der Waals surface area (Å²) >= 11 is 1.30. The predicted octanol–water partition coefficient (Wildman–Crippen LogP) is 3.40. The van der Waals surface area contributed by atoms with Crippen LogP contribution in [-0.4, -0.2) is 56.4 Å². The Morgan fingerprint density at radius 3 is 2.59 bits per heavy atom. The number of carbonyl (C=O) groups excluding carboxylic acids is 1. The molecular formula is C18H24N6O2S. The van der Waals surface area contributed by atoms with Gasteiger partial charge in [-0.25, -0.2) is 14.8 Å². The van der Waals surface area contributed by atoms with Crippen molar-refractivity contribution in [1.82, 2.24) is 14.9 Å². The van der Waals surface area contributed by atoms with Crippen LogP contribution < -0.4 is 5.32 Å². The SMILES string of the molecule is CC(=N)/C(C)=C1\C(=N)Sc2c(NC3CN(C(=O)OC(C)(C)C)C3)ncnc21. The molecule has 0 aromatic carbocycles. The van der Waals surface area contributed by atoms with Crippen LogP contribution in [-0.2, 0) is 4.74 Å². The van der Waals surface area contributed by atoms with Crippen LogP contribution in [0.1, 0.15) is 40.3 Å². The molecule has 0 atom stereocenters. The second kappa shape index (κ2) is 6.95. The van der Waals surface area contributed by atoms with Gasteiger partial charge in [0.25, 0.3) is 0 Å². The van der Waals surface area contributed by atoms with E-state index in [1.54, 1.807) is 11.8 Å². The molecule has 1 aromatic rings. The first-order chi connectivity index (χ1) is 12.6. The van der Waals surface area contributed by atoms with Crippen LogP contribution in [0.3, 0.4) is 0 Å². The van der Waals surface area contributed by atoms with E-state index in [0.717, 1.165) is 10.5 Å². The van der Waals surface area contributed by atoms with Gasteiger partial charge in [0, 0.05) is 24.4 Å². The quantitative estimate of drug-likeness (QED) is 0.684. The number of amides is 1. The van der Waals surface area contributed by atoms with Crippen LogP contribution in [0.4, 0.5) is 10.6 Å². The summed E-state index contributed by atoms with van der Waals surface area (Å²) in [5.74, 6) is 0.661. The molecule has 8 nitrogen and oxygen atoms in total. The van der Waals surface area contributed by atoms with E-state index in [-0.39, 0.29) is 12.1 Å². The normalized spacial score (nSPS) is 18.7. The molecule has 1 saturated heterocycles. The number of aromatic nitrogens is 2. The standard InChI is InChI=1S/C18H24N6O2S/c1-9(10(2)19)12-13-14(27-15(12)20)16(22-8-21-13)23-11-6-24(7-11)17(25)26-18(3,4)5/h8,11,19-20H,6-7H2,1-5H3,(H,21,22,23)/b12-9-,19-10?,20-15?. The Hall–Kier alpha value is -2.42. The Morgan fingerprint density at radius 1 is 1.33 bits per heavy atom. The molecule has 0 radical (unpaired) electrons. The van der Waals surface area contributed by atoms with Gasteiger partial charge in [0.15, 0.2) is 0 Å². The second-order valence-electron chi connectivity index (χ2n) is 7.68. The molecule has 0 aliphatic carbocycles. The fourth-order valence-electron chi connectivity index (χ4n) is 2.79. The number of carbonyl (C=O) groups is 1. The van der Waals surface area contributed by atoms with Gasteiger partial charge < -0.3 is 20.4 Å². The minimum Gasteiger partial charge on any atom is -0.444 e. The van der Waals surface area contributed by atoms with Crippen molar-refractivity contribution < 1.29 is 9.53 Å². The molecule has 1 fully saturated rings. The highest BCUT2D eigenvalue weighted by molar-refractivity contribution is 8.15. The number of allylic oxidation sites excluding steroid dienone is 1. The number of likely N-dealkylation sites (tertiary alicyclic amines) is 1. The zero-order valence-corrected chi connectivity index (χ0v) is 17.0. The Bertz CT molecular complexity index is 852. The smallest absolute Gasteiger partial charge is 0.410 e. The molecule has 0 unspecified atom stereocenters. The van der Waals surface area contributed by atoms with E-state index in [4.69, 9.17) is 15.6 Å². The van der Waals surface area contributed by atoms with E-state index in [1.807, 2.05) is 27.7 Å². The first-order valence-electron chi connectivity index (χ1n) is 8.70. The van der Waals surface area contributed by atoms with Crippen molar-refractivity contribution in [1.29, 1.82) is 10.8 Å². The van der Waals surface area contributed by atoms with E-state index in [9.17, 15) is 4.79 Å². The molecular weight excluding hydrogens is 364 g/mol. The summed E-state index contributed by atoms with van der Waals surface area (Å²) in [6, 6.07) is 0.0740. The van der Waals surface area contributed by atoms with Gasteiger partial charge in [0.2, 0.25) is 0 Å². The van der Waals surface area contributed by atoms with Crippen LogP contribution in [0.5, 0.6) is 0 Å². The maximum atomic E-state index is 12.0. The highest BCUT2D eigenvalue weighted by Gasteiger charge is 2.36. The summed E-state index contributed by atoms with van der Waals surface area (Å²) < 4.78 is 5.37. The molecule has 2 aliphatic rings. The van der Waals surface area contributed by atoms with Gasteiger partial charge in [0.05, 0.1) is 16.6 Å². The van der Waals surface area contributed by atoms with Crippen molar-refractivity contribution in [3.8, 4) is 0 Å². The van der Waals surface area contributed by atoms with Gasteiger partial charge in [-0.3, -0.25) is 5.41 Å². The summed E-state index contributed by atoms with van der Waals surface area (Å²) in [6.07, 6.45) is 1.16. The molecule has 0 bridgehead atoms. The number of fused-ring (bicyclic) bond motifs is 1. The van der Waals surface area contributed by atoms with E-state index in [2.05, 4.69) is 15.3 Å². The first kappa shape index (κ1) is 19.3. The van der Waals surface area contributed by atoms with E-state index in [1.165, 1.54) is 18.1 Å². The maximum Gasteiger partial charge on any atom is 0.410 e. The fourth-order valence-corrected chi connectivity index (χ4v) is 3.80. The average Bonchev–Trinajstić information content (AvgIpc) is 2.84. The summed E-state index contributed by atoms with van der Waals surface area (Å²) in [4.78, 5) is 23.2. The number of nitrogens with zero attached hydrogens (tertiary/aromatic N) is 3. The highest BCUT2D eigenvalue weighted by atomic mass is 32.2. The number of rotatable bonds is 3. The molecule has 144 valence electrons. The Balaban J connectivity index is 1.72. The third-order valence-corrected chi connectivity index (χ3v) is 5.28. The molecule has 3 rings (SSSR count). The minimum absolute atomic E-state index is 0.0740. The van der Waals surface area contributed by atoms with Crippen LogP contribution in [0.25, 0.3) is 5.57 Å². The minimum atomic E-state index is -0.506. The molecule has 3 heterocycles. The molecule has 3 N–H and O–H groups in total. The van der Waals surface area contributed by atoms with Gasteiger partial charge in [-0.15, -0.1) is 0 Å². The maximum absolute atomic E-state index is 12.0. The second-order valence-corrected chi connectivity index (χ2v) is 8.70. The number of ether oxygens (including phenoxy) is 1. The highest BCUT2D eigenvalue weighted by Crippen LogP contribution is 2.44. The van der Waals surface area contributed by atoms with E-state index < -0.39 is 5.60 Å². The molecule has 27 heavy (non-hydrogen) atoms. The third-order valence-electron chi connectivity index (χ3n) is 4.28.